The van der Waals surface area contributed by atoms with Crippen LogP contribution in [-0.4, -0.2) is 31.0 Å². The molecule has 0 spiro atoms. The van der Waals surface area contributed by atoms with E-state index < -0.39 is 18.9 Å². The van der Waals surface area contributed by atoms with Gasteiger partial charge in [-0.1, -0.05) is 0 Å². The predicted octanol–water partition coefficient (Wildman–Crippen LogP) is -1.47. The van der Waals surface area contributed by atoms with Gasteiger partial charge in [0.15, 0.2) is 18.9 Å². The van der Waals surface area contributed by atoms with E-state index in [-0.39, 0.29) is 0 Å². The number of aliphatic hydroxyl groups is 1. The first-order valence-electron chi connectivity index (χ1n) is 6.53. The van der Waals surface area contributed by atoms with E-state index in [1.807, 2.05) is 13.8 Å². The van der Waals surface area contributed by atoms with Gasteiger partial charge in [0.1, 0.15) is 11.6 Å². The molecule has 10 nitrogen and oxygen atoms in total. The summed E-state index contributed by atoms with van der Waals surface area (Å²) >= 11 is 0. The van der Waals surface area contributed by atoms with Crippen molar-refractivity contribution in [2.45, 2.75) is 32.8 Å². The summed E-state index contributed by atoms with van der Waals surface area (Å²) in [6.45, 7) is 3.69. The first kappa shape index (κ1) is 13.8. The summed E-state index contributed by atoms with van der Waals surface area (Å²) in [4.78, 5) is 0. The van der Waals surface area contributed by atoms with Gasteiger partial charge in [0.2, 0.25) is 0 Å². The number of anilines is 2. The quantitative estimate of drug-likeness (QED) is 0.394. The van der Waals surface area contributed by atoms with Crippen molar-refractivity contribution < 1.29 is 5.11 Å². The lowest BCUT2D eigenvalue weighted by Crippen LogP contribution is -2.62. The molecule has 0 aromatic carbocycles. The molecule has 1 aliphatic heterocycles. The third-order valence-electron chi connectivity index (χ3n) is 3.21. The monoisotopic (exact) mass is 293 g/mol. The molecule has 0 bridgehead atoms. The summed E-state index contributed by atoms with van der Waals surface area (Å²) in [6.07, 6.45) is -1.96. The van der Waals surface area contributed by atoms with Crippen molar-refractivity contribution in [2.75, 3.05) is 11.5 Å². The van der Waals surface area contributed by atoms with Crippen LogP contribution in [0.15, 0.2) is 12.1 Å². The van der Waals surface area contributed by atoms with Gasteiger partial charge >= 0.3 is 0 Å². The highest BCUT2D eigenvalue weighted by Crippen LogP contribution is 2.17. The number of aromatic nitrogens is 4. The minimum absolute atomic E-state index is 0.481. The van der Waals surface area contributed by atoms with E-state index in [1.165, 1.54) is 0 Å². The summed E-state index contributed by atoms with van der Waals surface area (Å²) in [7, 11) is 0. The molecular formula is C11H19N9O. The normalized spacial score (nSPS) is 26.1. The molecule has 2 aromatic heterocycles. The van der Waals surface area contributed by atoms with Crippen LogP contribution in [0.5, 0.6) is 0 Å². The van der Waals surface area contributed by atoms with Gasteiger partial charge in [-0.05, 0) is 13.8 Å². The minimum Gasteiger partial charge on any atom is -0.384 e. The van der Waals surface area contributed by atoms with Gasteiger partial charge in [0, 0.05) is 12.1 Å². The fourth-order valence-electron chi connectivity index (χ4n) is 2.36. The van der Waals surface area contributed by atoms with Crippen molar-refractivity contribution in [3.05, 3.63) is 23.5 Å². The zero-order chi connectivity index (χ0) is 15.1. The summed E-state index contributed by atoms with van der Waals surface area (Å²) in [5.74, 6) is 0.963. The van der Waals surface area contributed by atoms with E-state index in [0.29, 0.717) is 11.6 Å². The standard InChI is InChI=1S/C11H19N9O/c1-5-3-7(12)19(17-5)9-14-10(16-11(21)15-9)20-8(13)4-6(2)18-20/h3-4,9-11,14-16,21H,12-13H2,1-2H3. The molecule has 10 heteroatoms. The Bertz CT molecular complexity index is 594. The maximum absolute atomic E-state index is 9.94. The second kappa shape index (κ2) is 5.00. The number of nitrogens with zero attached hydrogens (tertiary/aromatic N) is 4. The molecule has 21 heavy (non-hydrogen) atoms. The Morgan fingerprint density at radius 1 is 0.952 bits per heavy atom. The first-order valence-corrected chi connectivity index (χ1v) is 6.53. The first-order chi connectivity index (χ1) is 9.94. The van der Waals surface area contributed by atoms with Crippen LogP contribution in [0.3, 0.4) is 0 Å². The van der Waals surface area contributed by atoms with Crippen molar-refractivity contribution in [1.29, 1.82) is 0 Å². The summed E-state index contributed by atoms with van der Waals surface area (Å²) in [5.41, 5.74) is 13.4. The van der Waals surface area contributed by atoms with Crippen LogP contribution < -0.4 is 27.4 Å². The van der Waals surface area contributed by atoms with Crippen molar-refractivity contribution in [2.24, 2.45) is 0 Å². The van der Waals surface area contributed by atoms with E-state index in [4.69, 9.17) is 11.5 Å². The van der Waals surface area contributed by atoms with E-state index in [2.05, 4.69) is 26.1 Å². The maximum Gasteiger partial charge on any atom is 0.165 e. The molecule has 114 valence electrons. The topological polar surface area (TPSA) is 144 Å². The Hall–Kier alpha value is -2.14. The summed E-state index contributed by atoms with van der Waals surface area (Å²) < 4.78 is 3.11. The Morgan fingerprint density at radius 2 is 1.38 bits per heavy atom. The zero-order valence-electron chi connectivity index (χ0n) is 11.8. The Kier molecular flexibility index (Phi) is 3.29. The predicted molar refractivity (Wildman–Crippen MR) is 76.2 cm³/mol. The third kappa shape index (κ3) is 2.56. The number of aliphatic hydroxyl groups excluding tert-OH is 1. The molecule has 1 saturated heterocycles. The number of nitrogens with one attached hydrogen (secondary N) is 3. The smallest absolute Gasteiger partial charge is 0.165 e. The molecule has 0 radical (unpaired) electrons. The maximum atomic E-state index is 9.94. The van der Waals surface area contributed by atoms with Gasteiger partial charge in [0.05, 0.1) is 11.4 Å². The van der Waals surface area contributed by atoms with E-state index in [0.717, 1.165) is 11.4 Å². The molecule has 0 amide bonds. The van der Waals surface area contributed by atoms with Gasteiger partial charge in [-0.3, -0.25) is 0 Å². The lowest BCUT2D eigenvalue weighted by Gasteiger charge is -2.36. The minimum atomic E-state index is -0.964. The summed E-state index contributed by atoms with van der Waals surface area (Å²) in [5, 5.41) is 27.5. The highest BCUT2D eigenvalue weighted by atomic mass is 16.3. The fraction of sp³-hybridized carbons (Fsp3) is 0.455. The van der Waals surface area contributed by atoms with Crippen molar-refractivity contribution in [3.8, 4) is 0 Å². The van der Waals surface area contributed by atoms with Gasteiger partial charge in [-0.15, -0.1) is 0 Å². The van der Waals surface area contributed by atoms with Crippen molar-refractivity contribution in [1.82, 2.24) is 35.5 Å². The zero-order valence-corrected chi connectivity index (χ0v) is 11.8. The number of hydrogen-bond donors (Lipinski definition) is 6. The molecule has 2 unspecified atom stereocenters. The summed E-state index contributed by atoms with van der Waals surface area (Å²) in [6, 6.07) is 3.50. The highest BCUT2D eigenvalue weighted by molar-refractivity contribution is 5.32. The number of hydrogen-bond acceptors (Lipinski definition) is 8. The largest absolute Gasteiger partial charge is 0.384 e. The van der Waals surface area contributed by atoms with Crippen LogP contribution in [0.25, 0.3) is 0 Å². The number of nitrogen functional groups attached to an aromatic ring is 2. The van der Waals surface area contributed by atoms with Crippen LogP contribution in [0.4, 0.5) is 11.6 Å². The van der Waals surface area contributed by atoms with Gasteiger partial charge in [-0.25, -0.2) is 25.3 Å². The average molecular weight is 293 g/mol. The van der Waals surface area contributed by atoms with E-state index >= 15 is 0 Å². The van der Waals surface area contributed by atoms with Crippen molar-refractivity contribution >= 4 is 11.6 Å². The number of aryl methyl sites for hydroxylation is 2. The highest BCUT2D eigenvalue weighted by Gasteiger charge is 2.30. The lowest BCUT2D eigenvalue weighted by molar-refractivity contribution is -0.0162. The van der Waals surface area contributed by atoms with Gasteiger partial charge in [-0.2, -0.15) is 10.2 Å². The Balaban J connectivity index is 1.88. The second-order valence-corrected chi connectivity index (χ2v) is 5.02. The van der Waals surface area contributed by atoms with E-state index in [1.54, 1.807) is 21.5 Å². The number of nitrogens with two attached hydrogens (primary N) is 2. The molecule has 0 saturated carbocycles. The molecule has 8 N–H and O–H groups in total. The molecular weight excluding hydrogens is 274 g/mol. The third-order valence-corrected chi connectivity index (χ3v) is 3.21. The van der Waals surface area contributed by atoms with Crippen LogP contribution in [-0.2, 0) is 0 Å². The molecule has 2 aromatic rings. The van der Waals surface area contributed by atoms with Crippen molar-refractivity contribution in [3.63, 3.8) is 0 Å². The van der Waals surface area contributed by atoms with Crippen LogP contribution in [0.2, 0.25) is 0 Å². The molecule has 1 fully saturated rings. The molecule has 3 rings (SSSR count). The molecule has 3 heterocycles. The van der Waals surface area contributed by atoms with Crippen LogP contribution >= 0.6 is 0 Å². The lowest BCUT2D eigenvalue weighted by atomic mass is 10.5. The Morgan fingerprint density at radius 3 is 1.71 bits per heavy atom. The van der Waals surface area contributed by atoms with Crippen LogP contribution in [0.1, 0.15) is 24.0 Å². The molecule has 1 aliphatic rings. The average Bonchev–Trinajstić information content (AvgIpc) is 2.90. The molecule has 0 aliphatic carbocycles. The van der Waals surface area contributed by atoms with Gasteiger partial charge < -0.3 is 16.6 Å². The van der Waals surface area contributed by atoms with Gasteiger partial charge in [0.25, 0.3) is 0 Å². The number of rotatable bonds is 2. The van der Waals surface area contributed by atoms with E-state index in [9.17, 15) is 5.11 Å². The fourth-order valence-corrected chi connectivity index (χ4v) is 2.36. The van der Waals surface area contributed by atoms with Crippen LogP contribution in [0, 0.1) is 13.8 Å². The Labute approximate surface area is 121 Å². The molecule has 2 atom stereocenters. The SMILES string of the molecule is Cc1cc(N)n(C2NC(O)NC(n3nc(C)cc3N)N2)n1. The second-order valence-electron chi connectivity index (χ2n) is 5.02.